The molecule has 6 aliphatic heterocycles. The third kappa shape index (κ3) is 23.7. The van der Waals surface area contributed by atoms with Crippen LogP contribution in [0.1, 0.15) is 243 Å². The van der Waals surface area contributed by atoms with Crippen LogP contribution in [0.5, 0.6) is 34.9 Å². The number of aryl methyl sites for hydroxylation is 1. The zero-order valence-electron chi connectivity index (χ0n) is 82.7. The van der Waals surface area contributed by atoms with Gasteiger partial charge in [0, 0.05) is 86.7 Å². The van der Waals surface area contributed by atoms with Crippen LogP contribution in [0.25, 0.3) is 33.1 Å². The fraction of sp³-hybridized carbons (Fsp3) is 0.680. The van der Waals surface area contributed by atoms with Crippen LogP contribution in [0.4, 0.5) is 31.9 Å². The van der Waals surface area contributed by atoms with Crippen molar-refractivity contribution in [2.24, 2.45) is 87.3 Å². The van der Waals surface area contributed by atoms with Gasteiger partial charge in [-0.2, -0.15) is 17.6 Å². The van der Waals surface area contributed by atoms with E-state index in [-0.39, 0.29) is 153 Å². The molecule has 6 aliphatic carbocycles. The van der Waals surface area contributed by atoms with Gasteiger partial charge in [-0.1, -0.05) is 133 Å². The summed E-state index contributed by atoms with van der Waals surface area (Å²) in [5.41, 5.74) is 0.171. The van der Waals surface area contributed by atoms with E-state index < -0.39 is 149 Å². The first-order valence-corrected chi connectivity index (χ1v) is 49.8. The number of nitrogens with one attached hydrogen (secondary N) is 3. The van der Waals surface area contributed by atoms with Gasteiger partial charge in [-0.25, -0.2) is 63.1 Å². The van der Waals surface area contributed by atoms with Crippen molar-refractivity contribution in [2.75, 3.05) is 39.5 Å². The van der Waals surface area contributed by atoms with Crippen molar-refractivity contribution in [3.8, 4) is 34.9 Å². The van der Waals surface area contributed by atoms with Gasteiger partial charge < -0.3 is 87.7 Å². The molecule has 6 bridgehead atoms. The number of carbonyl (C=O) groups is 6. The van der Waals surface area contributed by atoms with E-state index in [1.165, 1.54) is 21.1 Å². The van der Waals surface area contributed by atoms with Crippen LogP contribution in [0.3, 0.4) is 0 Å². The van der Waals surface area contributed by atoms with Crippen LogP contribution >= 0.6 is 0 Å². The van der Waals surface area contributed by atoms with E-state index in [1.807, 2.05) is 128 Å². The zero-order valence-corrected chi connectivity index (χ0v) is 86.9. The van der Waals surface area contributed by atoms with Crippen molar-refractivity contribution >= 4 is 88.0 Å². The summed E-state index contributed by atoms with van der Waals surface area (Å²) in [7, 11) is 0. The van der Waals surface area contributed by atoms with Crippen LogP contribution < -0.4 is 44.4 Å². The third-order valence-electron chi connectivity index (χ3n) is 30.7. The normalized spacial score (nSPS) is 32.0. The molecule has 3 aromatic heterocycles. The number of ether oxygens (including phenoxy) is 9. The fourth-order valence-electron chi connectivity index (χ4n) is 23.0. The van der Waals surface area contributed by atoms with Crippen molar-refractivity contribution in [1.29, 1.82) is 0 Å². The first-order valence-electron chi connectivity index (χ1n) is 49.8. The maximum Gasteiger partial charge on any atom is 0.408 e. The predicted octanol–water partition coefficient (Wildman–Crippen LogP) is 16.5. The number of hydrogen-bond acceptors (Lipinski definition) is 24. The Kier molecular flexibility index (Phi) is 34.4. The summed E-state index contributed by atoms with van der Waals surface area (Å²) in [6.45, 7) is 29.0. The number of amides is 6. The molecule has 3 aromatic carbocycles. The Balaban J connectivity index is 0.000000175. The molecule has 0 spiro atoms. The number of hydrogen-bond donors (Lipinski definition) is 3. The SMILES string of the molecule is CCOc1ccc2nc3c(nc2c1)O[C@H]1CN(C(=O)[C@H](C(C)(C)C)NC(=O)O[C@@H]2CC4CC4[C@H]2CCCCC3(F)F)[C@H]([C-]=O)[C@@H]1C.CCOc1ccc2nc3c(nc2c1)O[C@H]1CN(C(=O)[C@H](C(C)(C)C)NC(=O)O[C@@H]2CC4CC4[C@H]2CCCCC3(F)F)[C@H]([C-]=O)[C@@H]1CC.CCOc1ccc2nc3c(nc2c1)O[C@H]1CN(C(=O)[C@H](C(C)(C)C)NC(=O)O[C@@H]2CC4CC4[C@H]2CCCCC3)[C@H]([C-]=O)[C@@H]1C.[V].[V].[V]. The third-order valence-corrected chi connectivity index (χ3v) is 30.7. The molecule has 3 radical (unpaired) electrons. The monoisotopic (exact) mass is 2050 g/mol. The van der Waals surface area contributed by atoms with Crippen LogP contribution in [-0.4, -0.2) is 212 Å². The van der Waals surface area contributed by atoms with Gasteiger partial charge >= 0.3 is 18.3 Å². The summed E-state index contributed by atoms with van der Waals surface area (Å²) in [5.74, 6) is -4.54. The minimum absolute atomic E-state index is 0. The van der Waals surface area contributed by atoms with Crippen molar-refractivity contribution in [3.63, 3.8) is 0 Å². The van der Waals surface area contributed by atoms with Crippen LogP contribution in [0, 0.1) is 87.3 Å². The molecular formula is C103H133F4N12O18V3-3. The number of aromatic nitrogens is 6. The molecule has 140 heavy (non-hydrogen) atoms. The topological polar surface area (TPSA) is 360 Å². The fourth-order valence-corrected chi connectivity index (χ4v) is 23.0. The first-order chi connectivity index (χ1) is 65.2. The van der Waals surface area contributed by atoms with Crippen molar-refractivity contribution in [2.45, 2.75) is 317 Å². The Morgan fingerprint density at radius 2 is 0.721 bits per heavy atom. The van der Waals surface area contributed by atoms with E-state index in [4.69, 9.17) is 52.6 Å². The molecule has 12 aliphatic rings. The molecule has 3 N–H and O–H groups in total. The molecule has 3 saturated heterocycles. The Hall–Kier alpha value is -8.82. The van der Waals surface area contributed by atoms with Crippen molar-refractivity contribution in [3.05, 3.63) is 71.7 Å². The Labute approximate surface area is 852 Å². The second-order valence-electron chi connectivity index (χ2n) is 43.2. The van der Waals surface area contributed by atoms with Gasteiger partial charge in [0.1, 0.15) is 77.7 Å². The Bertz CT molecular complexity index is 5480. The van der Waals surface area contributed by atoms with Crippen LogP contribution in [0.2, 0.25) is 0 Å². The smallest absolute Gasteiger partial charge is 0.408 e. The van der Waals surface area contributed by atoms with Gasteiger partial charge in [0.2, 0.25) is 35.4 Å². The summed E-state index contributed by atoms with van der Waals surface area (Å²) < 4.78 is 118. The van der Waals surface area contributed by atoms with Crippen LogP contribution in [0.15, 0.2) is 54.6 Å². The molecular weight excluding hydrogens is 1920 g/mol. The zero-order chi connectivity index (χ0) is 97.8. The number of halogens is 4. The average Bonchev–Trinajstić information content (AvgIpc) is 1.60. The van der Waals surface area contributed by atoms with E-state index in [2.05, 4.69) is 42.2 Å². The maximum absolute atomic E-state index is 16.2. The second-order valence-corrected chi connectivity index (χ2v) is 43.2. The van der Waals surface area contributed by atoms with Gasteiger partial charge in [-0.3, -0.25) is 14.4 Å². The van der Waals surface area contributed by atoms with E-state index in [0.29, 0.717) is 139 Å². The minimum Gasteiger partial charge on any atom is -0.540 e. The first kappa shape index (κ1) is 108. The summed E-state index contributed by atoms with van der Waals surface area (Å²) in [5, 5.41) is 8.51. The molecule has 30 nitrogen and oxygen atoms in total. The van der Waals surface area contributed by atoms with E-state index in [9.17, 15) is 43.2 Å². The summed E-state index contributed by atoms with van der Waals surface area (Å²) in [6.07, 6.45) is 13.8. The summed E-state index contributed by atoms with van der Waals surface area (Å²) in [4.78, 5) is 151. The van der Waals surface area contributed by atoms with E-state index >= 15 is 17.6 Å². The molecule has 9 fully saturated rings. The van der Waals surface area contributed by atoms with Crippen molar-refractivity contribution < 1.29 is 159 Å². The summed E-state index contributed by atoms with van der Waals surface area (Å²) in [6, 6.07) is 9.65. The van der Waals surface area contributed by atoms with Gasteiger partial charge in [-0.05, 0) is 228 Å². The largest absolute Gasteiger partial charge is 0.540 e. The second kappa shape index (κ2) is 44.4. The molecule has 24 atom stereocenters. The molecule has 9 heterocycles. The average molecular weight is 2060 g/mol. The molecule has 6 aromatic rings. The molecule has 37 heteroatoms. The Morgan fingerprint density at radius 1 is 0.393 bits per heavy atom. The number of alkyl halides is 4. The van der Waals surface area contributed by atoms with Gasteiger partial charge in [0.25, 0.3) is 11.8 Å². The van der Waals surface area contributed by atoms with Gasteiger partial charge in [0.15, 0.2) is 11.4 Å². The number of fused-ring (bicyclic) bond motifs is 21. The van der Waals surface area contributed by atoms with Crippen LogP contribution in [-0.2, 0) is 117 Å². The maximum atomic E-state index is 16.2. The number of rotatable bonds is 10. The molecule has 6 unspecified atom stereocenters. The van der Waals surface area contributed by atoms with E-state index in [1.54, 1.807) is 43.3 Å². The van der Waals surface area contributed by atoms with E-state index in [0.717, 1.165) is 69.0 Å². The molecule has 759 valence electrons. The molecule has 6 saturated carbocycles. The summed E-state index contributed by atoms with van der Waals surface area (Å²) >= 11 is 0. The number of alkyl carbamates (subject to hydrolysis) is 3. The van der Waals surface area contributed by atoms with Crippen molar-refractivity contribution in [1.82, 2.24) is 60.6 Å². The quantitative estimate of drug-likeness (QED) is 0.0651. The molecule has 6 amide bonds. The minimum atomic E-state index is -3.36. The standard InChI is InChI=1S/C35H45F2N4O6.C34H43F2N4O6.C34H45N4O6.3V/c1-6-21-26(18-42)41-17-28(21)46-31-29(38-24-12-11-20(45-7-2)16-25(24)39-31)35(36,37)13-9-8-10-22-23-14-19(23)15-27(22)47-33(44)40-30(32(41)43)34(3,4)5;1-6-44-20-10-11-23-24(15-20)38-30-28(37-23)34(35,36)12-8-7-9-21-22-13-19(22)14-26(21)46-32(43)39-29(33(3,4)5)31(42)40-16-27(45-30)18(2)25(40)17-41;1-6-42-21-12-13-24-26(16-21)36-31-25(35-24)11-9-7-8-10-22-23-14-20(23)15-28(22)44-33(41)37-30(34(3,4)5)32(40)38-17-29(43-31)19(2)27(38)18-39;;;/h11-12,16,19,21-23,26-28,30H,6-10,13-15,17H2,1-5H3,(H,40,44);10-11,15,18-19,21-22,25-27,29H,6-9,12-14,16H2,1-5H3,(H,39,43);12-13,16,19-20,22-23,27-30H,6-11,14-15,17H2,1-5H3,(H,37,41);;;/q3*-1;;;/t19?,21-,22+,23?,26+,27+,28-,30+;18-,19?,21+,22?,25+,26+,27-,29+;19-,20?,22+,23?,27+,28+,29-,30+;;;/m000.../s1. The van der Waals surface area contributed by atoms with Gasteiger partial charge in [-0.15, -0.1) is 0 Å². The number of carbonyl (C=O) groups excluding carboxylic acids is 9. The molecule has 18 rings (SSSR count). The number of benzene rings is 3. The number of nitrogens with zero attached hydrogens (tertiary/aromatic N) is 9. The predicted molar refractivity (Wildman–Crippen MR) is 497 cm³/mol. The van der Waals surface area contributed by atoms with Gasteiger partial charge in [0.05, 0.1) is 72.6 Å². The Morgan fingerprint density at radius 3 is 1.07 bits per heavy atom.